The number of aryl methyl sites for hydroxylation is 1. The van der Waals surface area contributed by atoms with Gasteiger partial charge in [0.05, 0.1) is 0 Å². The SMILES string of the molecule is Cc1cc2c(c3cc4c(cc13)OCO4)C(=O)[C@H]2Cl. The predicted octanol–water partition coefficient (Wildman–Crippen LogP) is 3.35. The summed E-state index contributed by atoms with van der Waals surface area (Å²) < 4.78 is 10.7. The van der Waals surface area contributed by atoms with Crippen LogP contribution in [0.3, 0.4) is 0 Å². The zero-order valence-corrected chi connectivity index (χ0v) is 10.4. The second-order valence-electron chi connectivity index (χ2n) is 4.64. The Bertz CT molecular complexity index is 721. The molecule has 1 atom stereocenters. The number of carbonyl (C=O) groups is 1. The zero-order chi connectivity index (χ0) is 12.4. The molecule has 4 rings (SSSR count). The number of ketones is 1. The van der Waals surface area contributed by atoms with E-state index in [1.807, 2.05) is 25.1 Å². The molecule has 1 aliphatic carbocycles. The van der Waals surface area contributed by atoms with Crippen LogP contribution in [-0.4, -0.2) is 12.6 Å². The lowest BCUT2D eigenvalue weighted by atomic mass is 9.81. The Balaban J connectivity index is 2.13. The molecule has 0 radical (unpaired) electrons. The van der Waals surface area contributed by atoms with Crippen molar-refractivity contribution in [3.05, 3.63) is 34.9 Å². The molecule has 0 amide bonds. The summed E-state index contributed by atoms with van der Waals surface area (Å²) in [6.07, 6.45) is 0. The van der Waals surface area contributed by atoms with Crippen molar-refractivity contribution in [2.45, 2.75) is 12.3 Å². The standard InChI is InChI=1S/C14H9ClO3/c1-6-2-9-12(14(16)13(9)15)8-4-11-10(3-7(6)8)17-5-18-11/h2-4,13H,5H2,1H3/t13-/m0/s1. The van der Waals surface area contributed by atoms with Crippen molar-refractivity contribution >= 4 is 28.2 Å². The zero-order valence-electron chi connectivity index (χ0n) is 9.62. The molecule has 0 bridgehead atoms. The fourth-order valence-corrected chi connectivity index (χ4v) is 2.96. The van der Waals surface area contributed by atoms with E-state index in [2.05, 4.69) is 0 Å². The smallest absolute Gasteiger partial charge is 0.231 e. The molecule has 0 unspecified atom stereocenters. The van der Waals surface area contributed by atoms with Crippen molar-refractivity contribution in [2.24, 2.45) is 0 Å². The van der Waals surface area contributed by atoms with Crippen molar-refractivity contribution in [2.75, 3.05) is 6.79 Å². The lowest BCUT2D eigenvalue weighted by Gasteiger charge is -2.26. The van der Waals surface area contributed by atoms with Crippen molar-refractivity contribution in [1.82, 2.24) is 0 Å². The average Bonchev–Trinajstić information content (AvgIpc) is 2.83. The summed E-state index contributed by atoms with van der Waals surface area (Å²) in [5.74, 6) is 1.43. The number of carbonyl (C=O) groups excluding carboxylic acids is 1. The first kappa shape index (κ1) is 10.2. The van der Waals surface area contributed by atoms with Crippen LogP contribution >= 0.6 is 11.6 Å². The van der Waals surface area contributed by atoms with Gasteiger partial charge < -0.3 is 9.47 Å². The molecule has 2 aromatic rings. The lowest BCUT2D eigenvalue weighted by molar-refractivity contribution is 0.0963. The molecule has 0 aromatic heterocycles. The third-order valence-electron chi connectivity index (χ3n) is 3.62. The highest BCUT2D eigenvalue weighted by molar-refractivity contribution is 6.40. The Labute approximate surface area is 108 Å². The van der Waals surface area contributed by atoms with Gasteiger partial charge in [-0.1, -0.05) is 6.07 Å². The van der Waals surface area contributed by atoms with E-state index in [1.54, 1.807) is 0 Å². The molecule has 0 fully saturated rings. The third kappa shape index (κ3) is 1.08. The highest BCUT2D eigenvalue weighted by Crippen LogP contribution is 2.46. The van der Waals surface area contributed by atoms with E-state index in [1.165, 1.54) is 0 Å². The number of fused-ring (bicyclic) bond motifs is 4. The fraction of sp³-hybridized carbons (Fsp3) is 0.214. The molecule has 1 aliphatic heterocycles. The Morgan fingerprint density at radius 1 is 1.17 bits per heavy atom. The number of halogens is 1. The molecule has 90 valence electrons. The van der Waals surface area contributed by atoms with Crippen LogP contribution in [0.2, 0.25) is 0 Å². The minimum absolute atomic E-state index is 0.00414. The van der Waals surface area contributed by atoms with Gasteiger partial charge in [-0.05, 0) is 41.0 Å². The van der Waals surface area contributed by atoms with E-state index in [0.29, 0.717) is 5.75 Å². The first-order chi connectivity index (χ1) is 8.66. The number of hydrogen-bond donors (Lipinski definition) is 0. The Hall–Kier alpha value is -1.74. The van der Waals surface area contributed by atoms with E-state index in [0.717, 1.165) is 33.2 Å². The normalized spacial score (nSPS) is 19.9. The summed E-state index contributed by atoms with van der Waals surface area (Å²) in [6.45, 7) is 2.25. The summed E-state index contributed by atoms with van der Waals surface area (Å²) in [5, 5.41) is 1.44. The number of alkyl halides is 1. The van der Waals surface area contributed by atoms with Gasteiger partial charge in [0.1, 0.15) is 5.38 Å². The minimum Gasteiger partial charge on any atom is -0.454 e. The van der Waals surface area contributed by atoms with E-state index in [-0.39, 0.29) is 12.6 Å². The van der Waals surface area contributed by atoms with Crippen molar-refractivity contribution < 1.29 is 14.3 Å². The summed E-state index contributed by atoms with van der Waals surface area (Å²) in [5.41, 5.74) is 2.75. The molecular weight excluding hydrogens is 252 g/mol. The molecule has 0 saturated carbocycles. The Morgan fingerprint density at radius 2 is 1.83 bits per heavy atom. The number of hydrogen-bond acceptors (Lipinski definition) is 3. The fourth-order valence-electron chi connectivity index (χ4n) is 2.68. The molecule has 0 N–H and O–H groups in total. The van der Waals surface area contributed by atoms with Crippen molar-refractivity contribution in [3.63, 3.8) is 0 Å². The van der Waals surface area contributed by atoms with Crippen LogP contribution in [0.1, 0.15) is 26.9 Å². The molecule has 0 spiro atoms. The van der Waals surface area contributed by atoms with E-state index >= 15 is 0 Å². The van der Waals surface area contributed by atoms with Gasteiger partial charge in [0.2, 0.25) is 6.79 Å². The molecule has 18 heavy (non-hydrogen) atoms. The molecular formula is C14H9ClO3. The highest BCUT2D eigenvalue weighted by atomic mass is 35.5. The van der Waals surface area contributed by atoms with E-state index in [4.69, 9.17) is 21.1 Å². The van der Waals surface area contributed by atoms with Crippen LogP contribution in [0.15, 0.2) is 18.2 Å². The summed E-state index contributed by atoms with van der Waals surface area (Å²) in [6, 6.07) is 5.80. The largest absolute Gasteiger partial charge is 0.454 e. The van der Waals surface area contributed by atoms with E-state index in [9.17, 15) is 4.79 Å². The number of Topliss-reactive ketones (excluding diaryl/α,β-unsaturated/α-hetero) is 1. The van der Waals surface area contributed by atoms with Crippen LogP contribution in [-0.2, 0) is 0 Å². The molecule has 3 nitrogen and oxygen atoms in total. The quantitative estimate of drug-likeness (QED) is 0.682. The maximum Gasteiger partial charge on any atom is 0.231 e. The summed E-state index contributed by atoms with van der Waals surface area (Å²) >= 11 is 6.01. The average molecular weight is 261 g/mol. The van der Waals surface area contributed by atoms with Gasteiger partial charge >= 0.3 is 0 Å². The van der Waals surface area contributed by atoms with Gasteiger partial charge in [0, 0.05) is 5.56 Å². The van der Waals surface area contributed by atoms with Crippen LogP contribution in [0.4, 0.5) is 0 Å². The summed E-state index contributed by atoms with van der Waals surface area (Å²) in [7, 11) is 0. The van der Waals surface area contributed by atoms with Crippen molar-refractivity contribution in [1.29, 1.82) is 0 Å². The maximum absolute atomic E-state index is 11.9. The van der Waals surface area contributed by atoms with Gasteiger partial charge in [0.25, 0.3) is 0 Å². The lowest BCUT2D eigenvalue weighted by Crippen LogP contribution is -2.22. The van der Waals surface area contributed by atoms with Crippen LogP contribution in [0, 0.1) is 6.92 Å². The number of ether oxygens (including phenoxy) is 2. The molecule has 1 heterocycles. The van der Waals surface area contributed by atoms with Crippen LogP contribution < -0.4 is 9.47 Å². The first-order valence-corrected chi connectivity index (χ1v) is 6.15. The monoisotopic (exact) mass is 260 g/mol. The number of benzene rings is 2. The topological polar surface area (TPSA) is 35.5 Å². The van der Waals surface area contributed by atoms with Gasteiger partial charge in [-0.2, -0.15) is 0 Å². The summed E-state index contributed by atoms with van der Waals surface area (Å²) in [4.78, 5) is 11.9. The maximum atomic E-state index is 11.9. The molecule has 4 heteroatoms. The van der Waals surface area contributed by atoms with Crippen LogP contribution in [0.25, 0.3) is 10.8 Å². The highest BCUT2D eigenvalue weighted by Gasteiger charge is 2.37. The second kappa shape index (κ2) is 3.18. The van der Waals surface area contributed by atoms with Crippen molar-refractivity contribution in [3.8, 4) is 11.5 Å². The number of rotatable bonds is 0. The predicted molar refractivity (Wildman–Crippen MR) is 67.7 cm³/mol. The van der Waals surface area contributed by atoms with Gasteiger partial charge in [-0.15, -0.1) is 11.6 Å². The Kier molecular flexibility index (Phi) is 1.80. The molecule has 2 aromatic carbocycles. The second-order valence-corrected chi connectivity index (χ2v) is 5.07. The molecule has 2 aliphatic rings. The van der Waals surface area contributed by atoms with E-state index < -0.39 is 5.38 Å². The van der Waals surface area contributed by atoms with Crippen LogP contribution in [0.5, 0.6) is 11.5 Å². The van der Waals surface area contributed by atoms with Gasteiger partial charge in [-0.25, -0.2) is 0 Å². The third-order valence-corrected chi connectivity index (χ3v) is 4.05. The van der Waals surface area contributed by atoms with Gasteiger partial charge in [-0.3, -0.25) is 4.79 Å². The molecule has 0 saturated heterocycles. The Morgan fingerprint density at radius 3 is 2.56 bits per heavy atom. The van der Waals surface area contributed by atoms with Gasteiger partial charge in [0.15, 0.2) is 17.3 Å². The minimum atomic E-state index is -0.492. The first-order valence-electron chi connectivity index (χ1n) is 5.72.